The van der Waals surface area contributed by atoms with Gasteiger partial charge in [0.15, 0.2) is 0 Å². The van der Waals surface area contributed by atoms with Crippen LogP contribution in [0.2, 0.25) is 0 Å². The van der Waals surface area contributed by atoms with Gasteiger partial charge < -0.3 is 5.11 Å². The number of aromatic carboxylic acids is 1. The minimum absolute atomic E-state index is 0.137. The summed E-state index contributed by atoms with van der Waals surface area (Å²) in [5.74, 6) is -1.20. The van der Waals surface area contributed by atoms with Gasteiger partial charge in [-0.25, -0.2) is 13.2 Å². The van der Waals surface area contributed by atoms with Crippen molar-refractivity contribution < 1.29 is 18.3 Å². The molecule has 0 unspecified atom stereocenters. The van der Waals surface area contributed by atoms with Gasteiger partial charge in [0, 0.05) is 0 Å². The predicted octanol–water partition coefficient (Wildman–Crippen LogP) is 2.47. The fraction of sp³-hybridized carbons (Fsp3) is 0.133. The van der Waals surface area contributed by atoms with E-state index in [2.05, 4.69) is 0 Å². The van der Waals surface area contributed by atoms with Crippen molar-refractivity contribution >= 4 is 16.7 Å². The van der Waals surface area contributed by atoms with Gasteiger partial charge in [-0.3, -0.25) is 0 Å². The molecule has 0 spiro atoms. The molecule has 0 saturated carbocycles. The largest absolute Gasteiger partial charge is 0.478 e. The maximum Gasteiger partial charge on any atom is 0.335 e. The molecule has 5 heteroatoms. The number of thiol groups is 1. The average molecular weight is 290 g/mol. The highest BCUT2D eigenvalue weighted by Crippen LogP contribution is 2.26. The molecule has 0 aromatic heterocycles. The first-order chi connectivity index (χ1) is 9.49. The van der Waals surface area contributed by atoms with Crippen molar-refractivity contribution in [3.05, 3.63) is 59.2 Å². The molecule has 104 valence electrons. The average Bonchev–Trinajstić information content (AvgIpc) is 2.41. The Hall–Kier alpha value is -2.14. The number of carboxylic acid groups (broad SMARTS) is 1. The van der Waals surface area contributed by atoms with E-state index in [0.717, 1.165) is 5.56 Å². The van der Waals surface area contributed by atoms with Crippen LogP contribution in [-0.2, 0) is 16.5 Å². The van der Waals surface area contributed by atoms with Crippen LogP contribution in [0.3, 0.4) is 0 Å². The lowest BCUT2D eigenvalue weighted by Gasteiger charge is -2.11. The summed E-state index contributed by atoms with van der Waals surface area (Å²) in [5, 5.41) is 9.24. The van der Waals surface area contributed by atoms with Gasteiger partial charge in [-0.05, 0) is 41.3 Å². The molecule has 0 fully saturated rings. The molecule has 0 aliphatic heterocycles. The maximum absolute atomic E-state index is 11.3. The van der Waals surface area contributed by atoms with Crippen molar-refractivity contribution in [2.45, 2.75) is 12.7 Å². The molecule has 2 aromatic rings. The normalized spacial score (nSPS) is 10.7. The van der Waals surface area contributed by atoms with Crippen LogP contribution in [-0.4, -0.2) is 19.5 Å². The van der Waals surface area contributed by atoms with Crippen LogP contribution in [0.5, 0.6) is 0 Å². The Morgan fingerprint density at radius 2 is 1.75 bits per heavy atom. The third-order valence-corrected chi connectivity index (χ3v) is 3.75. The van der Waals surface area contributed by atoms with Crippen LogP contribution in [0.4, 0.5) is 0 Å². The Balaban J connectivity index is 2.64. The summed E-state index contributed by atoms with van der Waals surface area (Å²) in [7, 11) is -2.60. The van der Waals surface area contributed by atoms with Crippen molar-refractivity contribution in [3.8, 4) is 11.1 Å². The second-order valence-corrected chi connectivity index (χ2v) is 5.45. The van der Waals surface area contributed by atoms with E-state index in [0.29, 0.717) is 16.7 Å². The molecule has 0 aliphatic rings. The molecule has 20 heavy (non-hydrogen) atoms. The topological polar surface area (TPSA) is 71.4 Å². The van der Waals surface area contributed by atoms with Crippen LogP contribution in [0.1, 0.15) is 21.5 Å². The molecule has 4 nitrogen and oxygen atoms in total. The van der Waals surface area contributed by atoms with E-state index >= 15 is 0 Å². The second kappa shape index (κ2) is 5.88. The lowest BCUT2D eigenvalue weighted by molar-refractivity contribution is 0.0696. The minimum Gasteiger partial charge on any atom is -0.478 e. The summed E-state index contributed by atoms with van der Waals surface area (Å²) >= 11 is 0. The zero-order chi connectivity index (χ0) is 14.7. The summed E-state index contributed by atoms with van der Waals surface area (Å²) in [6.07, 6.45) is 0. The molecular weight excluding hydrogens is 276 g/mol. The maximum atomic E-state index is 11.3. The highest BCUT2D eigenvalue weighted by Gasteiger charge is 2.14. The van der Waals surface area contributed by atoms with E-state index in [1.807, 2.05) is 30.3 Å². The molecule has 0 amide bonds. The Kier molecular flexibility index (Phi) is 4.20. The van der Waals surface area contributed by atoms with Gasteiger partial charge in [0.1, 0.15) is 10.7 Å². The first-order valence-electron chi connectivity index (χ1n) is 6.03. The number of carboxylic acids is 1. The van der Waals surface area contributed by atoms with Gasteiger partial charge in [-0.1, -0.05) is 30.3 Å². The molecule has 0 aliphatic carbocycles. The first kappa shape index (κ1) is 14.3. The van der Waals surface area contributed by atoms with Crippen molar-refractivity contribution in [3.63, 3.8) is 0 Å². The van der Waals surface area contributed by atoms with Gasteiger partial charge in [0.05, 0.1) is 11.3 Å². The standard InChI is InChI=1S/C15H14O4S/c1-10-13(9-20(18)19)7-12(8-14(10)15(16)17)11-5-3-2-4-6-11/h2-8,20H,9H2,1H3,(H,16,17). The fourth-order valence-electron chi connectivity index (χ4n) is 2.10. The number of benzene rings is 2. The number of carbonyl (C=O) groups is 1. The van der Waals surface area contributed by atoms with Crippen molar-refractivity contribution in [2.24, 2.45) is 0 Å². The SMILES string of the molecule is Cc1c(C[SH](=O)=O)cc(-c2ccccc2)cc1C(=O)O. The van der Waals surface area contributed by atoms with E-state index in [1.165, 1.54) is 0 Å². The lowest BCUT2D eigenvalue weighted by Crippen LogP contribution is -2.04. The van der Waals surface area contributed by atoms with E-state index in [4.69, 9.17) is 0 Å². The summed E-state index contributed by atoms with van der Waals surface area (Å²) in [6.45, 7) is 1.63. The number of hydrogen-bond acceptors (Lipinski definition) is 3. The second-order valence-electron chi connectivity index (χ2n) is 4.47. The molecular formula is C15H14O4S. The van der Waals surface area contributed by atoms with Crippen molar-refractivity contribution in [1.29, 1.82) is 0 Å². The number of hydrogen-bond donors (Lipinski definition) is 2. The zero-order valence-corrected chi connectivity index (χ0v) is 11.8. The van der Waals surface area contributed by atoms with Crippen LogP contribution < -0.4 is 0 Å². The third-order valence-electron chi connectivity index (χ3n) is 3.15. The van der Waals surface area contributed by atoms with E-state index < -0.39 is 16.7 Å². The van der Waals surface area contributed by atoms with Gasteiger partial charge in [0.2, 0.25) is 0 Å². The van der Waals surface area contributed by atoms with Crippen molar-refractivity contribution in [1.82, 2.24) is 0 Å². The molecule has 0 bridgehead atoms. The van der Waals surface area contributed by atoms with E-state index in [9.17, 15) is 18.3 Å². The summed E-state index contributed by atoms with van der Waals surface area (Å²) in [4.78, 5) is 11.3. The van der Waals surface area contributed by atoms with Gasteiger partial charge in [-0.2, -0.15) is 0 Å². The molecule has 2 aromatic carbocycles. The first-order valence-corrected chi connectivity index (χ1v) is 7.39. The lowest BCUT2D eigenvalue weighted by atomic mass is 9.96. The molecule has 0 heterocycles. The van der Waals surface area contributed by atoms with Crippen LogP contribution in [0.15, 0.2) is 42.5 Å². The molecule has 1 N–H and O–H groups in total. The van der Waals surface area contributed by atoms with Crippen molar-refractivity contribution in [2.75, 3.05) is 0 Å². The quantitative estimate of drug-likeness (QED) is 0.849. The Morgan fingerprint density at radius 1 is 1.10 bits per heavy atom. The van der Waals surface area contributed by atoms with Crippen LogP contribution in [0.25, 0.3) is 11.1 Å². The van der Waals surface area contributed by atoms with E-state index in [-0.39, 0.29) is 11.3 Å². The van der Waals surface area contributed by atoms with Gasteiger partial charge in [-0.15, -0.1) is 0 Å². The highest BCUT2D eigenvalue weighted by atomic mass is 32.2. The smallest absolute Gasteiger partial charge is 0.335 e. The van der Waals surface area contributed by atoms with Gasteiger partial charge >= 0.3 is 5.97 Å². The van der Waals surface area contributed by atoms with Crippen LogP contribution >= 0.6 is 0 Å². The van der Waals surface area contributed by atoms with E-state index in [1.54, 1.807) is 19.1 Å². The molecule has 2 rings (SSSR count). The monoisotopic (exact) mass is 290 g/mol. The zero-order valence-electron chi connectivity index (χ0n) is 10.9. The summed E-state index contributed by atoms with van der Waals surface area (Å²) in [6, 6.07) is 12.6. The Bertz CT molecular complexity index is 710. The summed E-state index contributed by atoms with van der Waals surface area (Å²) in [5.41, 5.74) is 2.73. The molecule has 0 saturated heterocycles. The Morgan fingerprint density at radius 3 is 2.30 bits per heavy atom. The molecule has 0 radical (unpaired) electrons. The predicted molar refractivity (Wildman–Crippen MR) is 77.6 cm³/mol. The Labute approximate surface area is 118 Å². The molecule has 0 atom stereocenters. The number of rotatable bonds is 4. The van der Waals surface area contributed by atoms with Crippen LogP contribution in [0, 0.1) is 6.92 Å². The highest BCUT2D eigenvalue weighted by molar-refractivity contribution is 7.71. The summed E-state index contributed by atoms with van der Waals surface area (Å²) < 4.78 is 21.9. The minimum atomic E-state index is -2.60. The fourth-order valence-corrected chi connectivity index (χ4v) is 2.70. The van der Waals surface area contributed by atoms with Gasteiger partial charge in [0.25, 0.3) is 0 Å². The third kappa shape index (κ3) is 3.05.